The maximum absolute atomic E-state index is 11.6. The van der Waals surface area contributed by atoms with Crippen molar-refractivity contribution in [2.75, 3.05) is 6.61 Å². The fourth-order valence-electron chi connectivity index (χ4n) is 1.71. The zero-order valence-electron chi connectivity index (χ0n) is 10.9. The highest BCUT2D eigenvalue weighted by molar-refractivity contribution is 5.88. The maximum atomic E-state index is 11.6. The van der Waals surface area contributed by atoms with E-state index in [1.54, 1.807) is 19.3 Å². The number of carbonyl (C=O) groups excluding carboxylic acids is 1. The fraction of sp³-hybridized carbons (Fsp3) is 0.308. The second-order valence-electron chi connectivity index (χ2n) is 4.10. The van der Waals surface area contributed by atoms with Gasteiger partial charge in [0.1, 0.15) is 0 Å². The highest BCUT2D eigenvalue weighted by Crippen LogP contribution is 2.17. The van der Waals surface area contributed by atoms with E-state index in [1.165, 1.54) is 10.9 Å². The SMILES string of the molecule is CCOC(=O)c1cnn(-c2ncccc2[C@@H](C)N)c1. The topological polar surface area (TPSA) is 83.0 Å². The first kappa shape index (κ1) is 13.2. The third kappa shape index (κ3) is 2.79. The van der Waals surface area contributed by atoms with Gasteiger partial charge in [0.2, 0.25) is 0 Å². The van der Waals surface area contributed by atoms with Gasteiger partial charge >= 0.3 is 5.97 Å². The molecule has 0 spiro atoms. The number of carbonyl (C=O) groups is 1. The molecule has 2 aromatic rings. The molecule has 2 heterocycles. The van der Waals surface area contributed by atoms with Gasteiger partial charge in [-0.15, -0.1) is 0 Å². The Morgan fingerprint density at radius 1 is 1.58 bits per heavy atom. The van der Waals surface area contributed by atoms with E-state index in [4.69, 9.17) is 10.5 Å². The van der Waals surface area contributed by atoms with Crippen LogP contribution in [0.2, 0.25) is 0 Å². The van der Waals surface area contributed by atoms with Crippen LogP contribution < -0.4 is 5.73 Å². The molecule has 0 unspecified atom stereocenters. The molecule has 2 N–H and O–H groups in total. The first-order valence-electron chi connectivity index (χ1n) is 6.06. The molecule has 0 aliphatic heterocycles. The molecule has 0 fully saturated rings. The summed E-state index contributed by atoms with van der Waals surface area (Å²) in [7, 11) is 0. The minimum absolute atomic E-state index is 0.168. The second-order valence-corrected chi connectivity index (χ2v) is 4.10. The van der Waals surface area contributed by atoms with Crippen molar-refractivity contribution in [2.45, 2.75) is 19.9 Å². The van der Waals surface area contributed by atoms with Gasteiger partial charge in [-0.2, -0.15) is 5.10 Å². The minimum Gasteiger partial charge on any atom is -0.462 e. The molecule has 2 aromatic heterocycles. The largest absolute Gasteiger partial charge is 0.462 e. The van der Waals surface area contributed by atoms with Crippen molar-refractivity contribution in [3.63, 3.8) is 0 Å². The lowest BCUT2D eigenvalue weighted by molar-refractivity contribution is 0.0526. The van der Waals surface area contributed by atoms with Gasteiger partial charge < -0.3 is 10.5 Å². The predicted octanol–water partition coefficient (Wildman–Crippen LogP) is 1.46. The summed E-state index contributed by atoms with van der Waals surface area (Å²) in [5.74, 6) is 0.222. The molecule has 0 saturated carbocycles. The quantitative estimate of drug-likeness (QED) is 0.841. The van der Waals surface area contributed by atoms with Gasteiger partial charge in [0.25, 0.3) is 0 Å². The van der Waals surface area contributed by atoms with E-state index in [2.05, 4.69) is 10.1 Å². The molecular formula is C13H16N4O2. The standard InChI is InChI=1S/C13H16N4O2/c1-3-19-13(18)10-7-16-17(8-10)12-11(9(2)14)5-4-6-15-12/h4-9H,3,14H2,1-2H3/t9-/m1/s1. The van der Waals surface area contributed by atoms with E-state index in [0.717, 1.165) is 5.56 Å². The maximum Gasteiger partial charge on any atom is 0.341 e. The average Bonchev–Trinajstić information content (AvgIpc) is 2.88. The van der Waals surface area contributed by atoms with E-state index < -0.39 is 5.97 Å². The number of pyridine rings is 1. The van der Waals surface area contributed by atoms with Crippen LogP contribution in [0.5, 0.6) is 0 Å². The Labute approximate surface area is 111 Å². The number of hydrogen-bond acceptors (Lipinski definition) is 5. The van der Waals surface area contributed by atoms with Crippen LogP contribution in [0.1, 0.15) is 35.8 Å². The summed E-state index contributed by atoms with van der Waals surface area (Å²) >= 11 is 0. The van der Waals surface area contributed by atoms with Crippen molar-refractivity contribution in [1.29, 1.82) is 0 Å². The fourth-order valence-corrected chi connectivity index (χ4v) is 1.71. The molecule has 0 amide bonds. The first-order chi connectivity index (χ1) is 9.13. The molecule has 6 heteroatoms. The summed E-state index contributed by atoms with van der Waals surface area (Å²) in [5.41, 5.74) is 7.15. The van der Waals surface area contributed by atoms with Crippen LogP contribution >= 0.6 is 0 Å². The summed E-state index contributed by atoms with van der Waals surface area (Å²) in [6, 6.07) is 3.54. The normalized spacial score (nSPS) is 12.2. The number of esters is 1. The van der Waals surface area contributed by atoms with Gasteiger partial charge in [0, 0.05) is 24.0 Å². The highest BCUT2D eigenvalue weighted by Gasteiger charge is 2.14. The van der Waals surface area contributed by atoms with Crippen molar-refractivity contribution in [3.8, 4) is 5.82 Å². The summed E-state index contributed by atoms with van der Waals surface area (Å²) < 4.78 is 6.45. The molecule has 0 aromatic carbocycles. The van der Waals surface area contributed by atoms with Gasteiger partial charge in [-0.1, -0.05) is 6.07 Å². The predicted molar refractivity (Wildman–Crippen MR) is 69.9 cm³/mol. The Morgan fingerprint density at radius 3 is 3.05 bits per heavy atom. The van der Waals surface area contributed by atoms with Crippen LogP contribution in [0.4, 0.5) is 0 Å². The number of ether oxygens (including phenoxy) is 1. The lowest BCUT2D eigenvalue weighted by Crippen LogP contribution is -2.11. The Hall–Kier alpha value is -2.21. The number of hydrogen-bond donors (Lipinski definition) is 1. The van der Waals surface area contributed by atoms with Gasteiger partial charge in [0.15, 0.2) is 5.82 Å². The van der Waals surface area contributed by atoms with Crippen molar-refractivity contribution in [2.24, 2.45) is 5.73 Å². The Bertz CT molecular complexity index is 578. The third-order valence-electron chi connectivity index (χ3n) is 2.62. The second kappa shape index (κ2) is 5.62. The summed E-state index contributed by atoms with van der Waals surface area (Å²) in [5, 5.41) is 4.13. The molecule has 0 bridgehead atoms. The van der Waals surface area contributed by atoms with Crippen molar-refractivity contribution < 1.29 is 9.53 Å². The van der Waals surface area contributed by atoms with Crippen LogP contribution in [0.15, 0.2) is 30.7 Å². The zero-order chi connectivity index (χ0) is 13.8. The minimum atomic E-state index is -0.396. The van der Waals surface area contributed by atoms with Crippen LogP contribution in [0.3, 0.4) is 0 Å². The van der Waals surface area contributed by atoms with Crippen LogP contribution in [0, 0.1) is 0 Å². The Kier molecular flexibility index (Phi) is 3.91. The number of nitrogens with two attached hydrogens (primary N) is 1. The number of rotatable bonds is 4. The average molecular weight is 260 g/mol. The van der Waals surface area contributed by atoms with Gasteiger partial charge in [-0.25, -0.2) is 14.5 Å². The molecule has 1 atom stereocenters. The molecule has 6 nitrogen and oxygen atoms in total. The molecule has 0 saturated heterocycles. The van der Waals surface area contributed by atoms with Gasteiger partial charge in [-0.05, 0) is 19.9 Å². The molecule has 2 rings (SSSR count). The van der Waals surface area contributed by atoms with Crippen molar-refractivity contribution >= 4 is 5.97 Å². The number of nitrogens with zero attached hydrogens (tertiary/aromatic N) is 3. The van der Waals surface area contributed by atoms with Gasteiger partial charge in [-0.3, -0.25) is 0 Å². The molecule has 19 heavy (non-hydrogen) atoms. The molecule has 0 aliphatic carbocycles. The zero-order valence-corrected chi connectivity index (χ0v) is 10.9. The van der Waals surface area contributed by atoms with Crippen LogP contribution in [-0.2, 0) is 4.74 Å². The molecular weight excluding hydrogens is 244 g/mol. The lowest BCUT2D eigenvalue weighted by atomic mass is 10.1. The van der Waals surface area contributed by atoms with E-state index in [9.17, 15) is 4.79 Å². The van der Waals surface area contributed by atoms with E-state index in [-0.39, 0.29) is 6.04 Å². The van der Waals surface area contributed by atoms with Crippen molar-refractivity contribution in [1.82, 2.24) is 14.8 Å². The smallest absolute Gasteiger partial charge is 0.341 e. The summed E-state index contributed by atoms with van der Waals surface area (Å²) in [6.07, 6.45) is 4.71. The summed E-state index contributed by atoms with van der Waals surface area (Å²) in [4.78, 5) is 15.8. The van der Waals surface area contributed by atoms with E-state index in [1.807, 2.05) is 19.1 Å². The lowest BCUT2D eigenvalue weighted by Gasteiger charge is -2.10. The Balaban J connectivity index is 2.36. The number of aromatic nitrogens is 3. The van der Waals surface area contributed by atoms with Crippen LogP contribution in [0.25, 0.3) is 5.82 Å². The third-order valence-corrected chi connectivity index (χ3v) is 2.62. The van der Waals surface area contributed by atoms with Crippen LogP contribution in [-0.4, -0.2) is 27.3 Å². The van der Waals surface area contributed by atoms with E-state index >= 15 is 0 Å². The summed E-state index contributed by atoms with van der Waals surface area (Å²) in [6.45, 7) is 3.96. The Morgan fingerprint density at radius 2 is 2.37 bits per heavy atom. The first-order valence-corrected chi connectivity index (χ1v) is 6.06. The van der Waals surface area contributed by atoms with Crippen molar-refractivity contribution in [3.05, 3.63) is 41.9 Å². The molecule has 100 valence electrons. The molecule has 0 radical (unpaired) electrons. The monoisotopic (exact) mass is 260 g/mol. The van der Waals surface area contributed by atoms with E-state index in [0.29, 0.717) is 18.0 Å². The molecule has 0 aliphatic rings. The highest BCUT2D eigenvalue weighted by atomic mass is 16.5. The van der Waals surface area contributed by atoms with Gasteiger partial charge in [0.05, 0.1) is 18.4 Å².